The van der Waals surface area contributed by atoms with E-state index in [2.05, 4.69) is 5.10 Å². The van der Waals surface area contributed by atoms with Crippen LogP contribution in [0.4, 0.5) is 13.2 Å². The topological polar surface area (TPSA) is 27.1 Å². The van der Waals surface area contributed by atoms with Crippen molar-refractivity contribution in [2.45, 2.75) is 25.6 Å². The lowest BCUT2D eigenvalue weighted by atomic mass is 10.2. The van der Waals surface area contributed by atoms with Gasteiger partial charge < -0.3 is 4.74 Å². The van der Waals surface area contributed by atoms with Crippen molar-refractivity contribution in [1.29, 1.82) is 0 Å². The fourth-order valence-electron chi connectivity index (χ4n) is 1.16. The van der Waals surface area contributed by atoms with Crippen molar-refractivity contribution >= 4 is 0 Å². The maximum absolute atomic E-state index is 12.2. The first-order valence-electron chi connectivity index (χ1n) is 4.56. The molecule has 0 fully saturated rings. The van der Waals surface area contributed by atoms with Crippen LogP contribution in [0.3, 0.4) is 0 Å². The Morgan fingerprint density at radius 1 is 1.53 bits per heavy atom. The average molecular weight is 222 g/mol. The number of methoxy groups -OCH3 is 1. The Bertz CT molecular complexity index is 309. The molecule has 0 aromatic carbocycles. The van der Waals surface area contributed by atoms with Gasteiger partial charge in [-0.3, -0.25) is 4.68 Å². The molecule has 0 spiro atoms. The summed E-state index contributed by atoms with van der Waals surface area (Å²) in [4.78, 5) is 0. The number of rotatable bonds is 4. The molecule has 0 saturated carbocycles. The van der Waals surface area contributed by atoms with E-state index in [1.807, 2.05) is 0 Å². The second-order valence-electron chi connectivity index (χ2n) is 3.31. The monoisotopic (exact) mass is 222 g/mol. The van der Waals surface area contributed by atoms with Gasteiger partial charge in [0, 0.05) is 19.9 Å². The number of ether oxygens (including phenoxy) is 1. The molecule has 3 nitrogen and oxygen atoms in total. The van der Waals surface area contributed by atoms with Crippen LogP contribution in [0, 0.1) is 0 Å². The molecule has 1 aromatic rings. The van der Waals surface area contributed by atoms with Crippen LogP contribution < -0.4 is 0 Å². The fourth-order valence-corrected chi connectivity index (χ4v) is 1.16. The van der Waals surface area contributed by atoms with E-state index in [4.69, 9.17) is 4.74 Å². The van der Waals surface area contributed by atoms with Crippen LogP contribution in [0.2, 0.25) is 0 Å². The standard InChI is InChI=1S/C9H13F3N2O/c1-7(4-6-15-2)14-5-3-8(13-14)9(10,11)12/h3,5,7H,4,6H2,1-2H3. The van der Waals surface area contributed by atoms with Crippen molar-refractivity contribution in [3.8, 4) is 0 Å². The Morgan fingerprint density at radius 2 is 2.20 bits per heavy atom. The molecule has 1 atom stereocenters. The zero-order chi connectivity index (χ0) is 11.5. The fraction of sp³-hybridized carbons (Fsp3) is 0.667. The molecule has 0 aliphatic carbocycles. The molecule has 0 N–H and O–H groups in total. The third-order valence-corrected chi connectivity index (χ3v) is 2.09. The second kappa shape index (κ2) is 4.65. The van der Waals surface area contributed by atoms with Gasteiger partial charge in [0.25, 0.3) is 0 Å². The molecule has 0 radical (unpaired) electrons. The number of nitrogens with zero attached hydrogens (tertiary/aromatic N) is 2. The molecule has 1 aromatic heterocycles. The molecule has 6 heteroatoms. The summed E-state index contributed by atoms with van der Waals surface area (Å²) in [5.41, 5.74) is -0.855. The van der Waals surface area contributed by atoms with Crippen molar-refractivity contribution in [3.05, 3.63) is 18.0 Å². The first-order valence-corrected chi connectivity index (χ1v) is 4.56. The number of halogens is 3. The van der Waals surface area contributed by atoms with Gasteiger partial charge in [0.2, 0.25) is 0 Å². The highest BCUT2D eigenvalue weighted by Crippen LogP contribution is 2.28. The van der Waals surface area contributed by atoms with E-state index in [1.165, 1.54) is 10.9 Å². The highest BCUT2D eigenvalue weighted by Gasteiger charge is 2.33. The first-order chi connectivity index (χ1) is 6.95. The summed E-state index contributed by atoms with van der Waals surface area (Å²) >= 11 is 0. The maximum Gasteiger partial charge on any atom is 0.435 e. The Balaban J connectivity index is 2.67. The summed E-state index contributed by atoms with van der Waals surface area (Å²) in [7, 11) is 1.55. The van der Waals surface area contributed by atoms with Crippen molar-refractivity contribution in [1.82, 2.24) is 9.78 Å². The van der Waals surface area contributed by atoms with Gasteiger partial charge in [-0.1, -0.05) is 0 Å². The molecule has 1 rings (SSSR count). The molecule has 0 saturated heterocycles. The second-order valence-corrected chi connectivity index (χ2v) is 3.31. The molecule has 1 unspecified atom stereocenters. The minimum Gasteiger partial charge on any atom is -0.385 e. The van der Waals surface area contributed by atoms with Gasteiger partial charge in [0.05, 0.1) is 6.04 Å². The van der Waals surface area contributed by atoms with Crippen LogP contribution in [0.5, 0.6) is 0 Å². The molecule has 0 bridgehead atoms. The van der Waals surface area contributed by atoms with Crippen LogP contribution in [0.25, 0.3) is 0 Å². The van der Waals surface area contributed by atoms with E-state index < -0.39 is 11.9 Å². The van der Waals surface area contributed by atoms with E-state index in [-0.39, 0.29) is 6.04 Å². The molecule has 0 aliphatic rings. The normalized spacial score (nSPS) is 14.2. The zero-order valence-corrected chi connectivity index (χ0v) is 8.58. The predicted octanol–water partition coefficient (Wildman–Crippen LogP) is 2.50. The number of alkyl halides is 3. The highest BCUT2D eigenvalue weighted by atomic mass is 19.4. The van der Waals surface area contributed by atoms with Crippen LogP contribution in [0.15, 0.2) is 12.3 Å². The highest BCUT2D eigenvalue weighted by molar-refractivity contribution is 5.03. The van der Waals surface area contributed by atoms with Crippen molar-refractivity contribution in [3.63, 3.8) is 0 Å². The smallest absolute Gasteiger partial charge is 0.385 e. The van der Waals surface area contributed by atoms with E-state index >= 15 is 0 Å². The molecule has 1 heterocycles. The van der Waals surface area contributed by atoms with Gasteiger partial charge >= 0.3 is 6.18 Å². The third kappa shape index (κ3) is 3.23. The summed E-state index contributed by atoms with van der Waals surface area (Å²) in [6.07, 6.45) is -2.40. The molecule has 15 heavy (non-hydrogen) atoms. The summed E-state index contributed by atoms with van der Waals surface area (Å²) < 4.78 is 42.8. The summed E-state index contributed by atoms with van der Waals surface area (Å²) in [6.45, 7) is 2.30. The van der Waals surface area contributed by atoms with Gasteiger partial charge in [-0.25, -0.2) is 0 Å². The van der Waals surface area contributed by atoms with Crippen LogP contribution in [0.1, 0.15) is 25.1 Å². The number of aromatic nitrogens is 2. The average Bonchev–Trinajstić information content (AvgIpc) is 2.62. The molecule has 0 amide bonds. The van der Waals surface area contributed by atoms with Crippen LogP contribution >= 0.6 is 0 Å². The van der Waals surface area contributed by atoms with Crippen LogP contribution in [-0.4, -0.2) is 23.5 Å². The number of hydrogen-bond acceptors (Lipinski definition) is 2. The largest absolute Gasteiger partial charge is 0.435 e. The summed E-state index contributed by atoms with van der Waals surface area (Å²) in [5, 5.41) is 3.47. The quantitative estimate of drug-likeness (QED) is 0.782. The SMILES string of the molecule is COCCC(C)n1ccc(C(F)(F)F)n1. The van der Waals surface area contributed by atoms with Crippen molar-refractivity contribution in [2.75, 3.05) is 13.7 Å². The lowest BCUT2D eigenvalue weighted by Gasteiger charge is -2.11. The van der Waals surface area contributed by atoms with Crippen LogP contribution in [-0.2, 0) is 10.9 Å². The van der Waals surface area contributed by atoms with Crippen molar-refractivity contribution in [2.24, 2.45) is 0 Å². The van der Waals surface area contributed by atoms with Gasteiger partial charge in [-0.05, 0) is 19.4 Å². The third-order valence-electron chi connectivity index (χ3n) is 2.09. The lowest BCUT2D eigenvalue weighted by Crippen LogP contribution is -2.11. The van der Waals surface area contributed by atoms with E-state index in [9.17, 15) is 13.2 Å². The van der Waals surface area contributed by atoms with E-state index in [1.54, 1.807) is 14.0 Å². The van der Waals surface area contributed by atoms with Crippen molar-refractivity contribution < 1.29 is 17.9 Å². The zero-order valence-electron chi connectivity index (χ0n) is 8.58. The Labute approximate surface area is 85.8 Å². The Hall–Kier alpha value is -1.04. The minimum atomic E-state index is -4.37. The molecule has 86 valence electrons. The Morgan fingerprint density at radius 3 is 2.67 bits per heavy atom. The molecule has 0 aliphatic heterocycles. The van der Waals surface area contributed by atoms with E-state index in [0.717, 1.165) is 6.07 Å². The Kier molecular flexibility index (Phi) is 3.73. The van der Waals surface area contributed by atoms with Gasteiger partial charge in [-0.2, -0.15) is 18.3 Å². The lowest BCUT2D eigenvalue weighted by molar-refractivity contribution is -0.141. The predicted molar refractivity (Wildman–Crippen MR) is 48.4 cm³/mol. The minimum absolute atomic E-state index is 0.0963. The van der Waals surface area contributed by atoms with Gasteiger partial charge in [-0.15, -0.1) is 0 Å². The summed E-state index contributed by atoms with van der Waals surface area (Å²) in [5.74, 6) is 0. The van der Waals surface area contributed by atoms with Gasteiger partial charge in [0.15, 0.2) is 5.69 Å². The maximum atomic E-state index is 12.2. The summed E-state index contributed by atoms with van der Waals surface area (Å²) in [6, 6.07) is 0.879. The van der Waals surface area contributed by atoms with Gasteiger partial charge in [0.1, 0.15) is 0 Å². The van der Waals surface area contributed by atoms with E-state index in [0.29, 0.717) is 13.0 Å². The molecular weight excluding hydrogens is 209 g/mol. The molecular formula is C9H13F3N2O. The first kappa shape index (κ1) is 12.0. The number of hydrogen-bond donors (Lipinski definition) is 0.